The van der Waals surface area contributed by atoms with Gasteiger partial charge in [0.1, 0.15) is 23.9 Å². The van der Waals surface area contributed by atoms with Crippen LogP contribution in [0.15, 0.2) is 54.6 Å². The molecular weight excluding hydrogens is 491 g/mol. The molecule has 0 saturated heterocycles. The Morgan fingerprint density at radius 1 is 1.00 bits per heavy atom. The lowest BCUT2D eigenvalue weighted by Crippen LogP contribution is -2.21. The van der Waals surface area contributed by atoms with Gasteiger partial charge in [0, 0.05) is 11.0 Å². The minimum atomic E-state index is -0.691. The predicted molar refractivity (Wildman–Crippen MR) is 150 cm³/mol. The van der Waals surface area contributed by atoms with E-state index in [2.05, 4.69) is 32.0 Å². The van der Waals surface area contributed by atoms with Crippen LogP contribution in [0.1, 0.15) is 80.5 Å². The monoisotopic (exact) mass is 528 g/mol. The number of carboxylic acids is 1. The largest absolute Gasteiger partial charge is 0.497 e. The molecule has 204 valence electrons. The molecule has 0 heterocycles. The SMILES string of the molecule is COc1ccc(F)c(-c2ccc(COc3ccc4c(c3)[C@]3(CCC4)C[C@H]3C(=O)O)cc2[C@H]2CCCC2(C)C)c1. The molecule has 0 unspecified atom stereocenters. The fourth-order valence-corrected chi connectivity index (χ4v) is 7.40. The molecule has 3 aromatic rings. The number of halogens is 1. The first-order valence-corrected chi connectivity index (χ1v) is 14.2. The van der Waals surface area contributed by atoms with Gasteiger partial charge in [0.25, 0.3) is 0 Å². The van der Waals surface area contributed by atoms with Gasteiger partial charge in [-0.1, -0.05) is 44.5 Å². The van der Waals surface area contributed by atoms with Crippen molar-refractivity contribution in [2.24, 2.45) is 11.3 Å². The number of carbonyl (C=O) groups is 1. The third-order valence-electron chi connectivity index (χ3n) is 9.68. The van der Waals surface area contributed by atoms with E-state index in [1.54, 1.807) is 19.2 Å². The van der Waals surface area contributed by atoms with Crippen LogP contribution in [-0.4, -0.2) is 18.2 Å². The first-order chi connectivity index (χ1) is 18.7. The summed E-state index contributed by atoms with van der Waals surface area (Å²) >= 11 is 0. The minimum absolute atomic E-state index is 0.126. The van der Waals surface area contributed by atoms with Crippen molar-refractivity contribution in [2.75, 3.05) is 7.11 Å². The summed E-state index contributed by atoms with van der Waals surface area (Å²) in [6.07, 6.45) is 7.07. The smallest absolute Gasteiger partial charge is 0.307 e. The van der Waals surface area contributed by atoms with Gasteiger partial charge in [0.15, 0.2) is 0 Å². The molecule has 0 aliphatic heterocycles. The molecule has 1 spiro atoms. The summed E-state index contributed by atoms with van der Waals surface area (Å²) in [6.45, 7) is 5.02. The van der Waals surface area contributed by atoms with Crippen LogP contribution < -0.4 is 9.47 Å². The number of hydrogen-bond acceptors (Lipinski definition) is 3. The van der Waals surface area contributed by atoms with Gasteiger partial charge in [-0.25, -0.2) is 4.39 Å². The highest BCUT2D eigenvalue weighted by atomic mass is 19.1. The summed E-state index contributed by atoms with van der Waals surface area (Å²) in [7, 11) is 1.60. The third kappa shape index (κ3) is 4.60. The van der Waals surface area contributed by atoms with E-state index >= 15 is 4.39 Å². The van der Waals surface area contributed by atoms with E-state index in [4.69, 9.17) is 9.47 Å². The lowest BCUT2D eigenvalue weighted by Gasteiger charge is -2.30. The molecule has 3 aliphatic carbocycles. The van der Waals surface area contributed by atoms with Gasteiger partial charge >= 0.3 is 5.97 Å². The number of rotatable bonds is 7. The molecule has 0 amide bonds. The molecule has 4 nitrogen and oxygen atoms in total. The van der Waals surface area contributed by atoms with Gasteiger partial charge in [0.2, 0.25) is 0 Å². The Hall–Kier alpha value is -3.34. The third-order valence-corrected chi connectivity index (χ3v) is 9.68. The van der Waals surface area contributed by atoms with E-state index in [9.17, 15) is 9.90 Å². The maximum atomic E-state index is 15.1. The topological polar surface area (TPSA) is 55.8 Å². The lowest BCUT2D eigenvalue weighted by molar-refractivity contribution is -0.139. The van der Waals surface area contributed by atoms with Gasteiger partial charge in [-0.15, -0.1) is 0 Å². The molecule has 2 fully saturated rings. The van der Waals surface area contributed by atoms with Crippen molar-refractivity contribution < 1.29 is 23.8 Å². The first kappa shape index (κ1) is 25.9. The fraction of sp³-hybridized carbons (Fsp3) is 0.441. The van der Waals surface area contributed by atoms with E-state index in [-0.39, 0.29) is 22.6 Å². The number of ether oxygens (including phenoxy) is 2. The van der Waals surface area contributed by atoms with Crippen LogP contribution in [0.3, 0.4) is 0 Å². The van der Waals surface area contributed by atoms with Crippen molar-refractivity contribution in [3.05, 3.63) is 82.7 Å². The highest BCUT2D eigenvalue weighted by Crippen LogP contribution is 2.61. The molecule has 2 saturated carbocycles. The van der Waals surface area contributed by atoms with E-state index < -0.39 is 5.97 Å². The number of methoxy groups -OCH3 is 1. The second kappa shape index (κ2) is 9.69. The second-order valence-corrected chi connectivity index (χ2v) is 12.4. The van der Waals surface area contributed by atoms with E-state index in [1.807, 2.05) is 18.2 Å². The molecule has 39 heavy (non-hydrogen) atoms. The molecule has 3 aliphatic rings. The Kier molecular flexibility index (Phi) is 6.44. The second-order valence-electron chi connectivity index (χ2n) is 12.4. The number of hydrogen-bond donors (Lipinski definition) is 1. The van der Waals surface area contributed by atoms with Crippen LogP contribution in [0.5, 0.6) is 11.5 Å². The zero-order chi connectivity index (χ0) is 27.4. The molecular formula is C34H37FO4. The van der Waals surface area contributed by atoms with E-state index in [1.165, 1.54) is 11.6 Å². The summed E-state index contributed by atoms with van der Waals surface area (Å²) in [5, 5.41) is 9.66. The summed E-state index contributed by atoms with van der Waals surface area (Å²) in [4.78, 5) is 11.8. The summed E-state index contributed by atoms with van der Waals surface area (Å²) in [5.74, 6) is 0.514. The lowest BCUT2D eigenvalue weighted by atomic mass is 9.75. The van der Waals surface area contributed by atoms with Gasteiger partial charge in [-0.2, -0.15) is 0 Å². The molecule has 5 heteroatoms. The zero-order valence-corrected chi connectivity index (χ0v) is 23.1. The maximum absolute atomic E-state index is 15.1. The molecule has 1 N–H and O–H groups in total. The summed E-state index contributed by atoms with van der Waals surface area (Å²) in [5.41, 5.74) is 6.02. The molecule has 0 bridgehead atoms. The van der Waals surface area contributed by atoms with Crippen LogP contribution >= 0.6 is 0 Å². The van der Waals surface area contributed by atoms with Crippen molar-refractivity contribution in [2.45, 2.75) is 76.7 Å². The Morgan fingerprint density at radius 3 is 2.54 bits per heavy atom. The number of aryl methyl sites for hydroxylation is 1. The maximum Gasteiger partial charge on any atom is 0.307 e. The summed E-state index contributed by atoms with van der Waals surface area (Å²) in [6, 6.07) is 17.4. The van der Waals surface area contributed by atoms with Gasteiger partial charge in [-0.05, 0) is 108 Å². The fourth-order valence-electron chi connectivity index (χ4n) is 7.40. The zero-order valence-electron chi connectivity index (χ0n) is 23.1. The average Bonchev–Trinajstić information content (AvgIpc) is 3.54. The predicted octanol–water partition coefficient (Wildman–Crippen LogP) is 8.05. The van der Waals surface area contributed by atoms with Crippen molar-refractivity contribution in [1.82, 2.24) is 0 Å². The average molecular weight is 529 g/mol. The molecule has 0 aromatic heterocycles. The highest BCUT2D eigenvalue weighted by molar-refractivity contribution is 5.78. The van der Waals surface area contributed by atoms with Gasteiger partial charge in [-0.3, -0.25) is 4.79 Å². The minimum Gasteiger partial charge on any atom is -0.497 e. The van der Waals surface area contributed by atoms with Crippen molar-refractivity contribution in [1.29, 1.82) is 0 Å². The van der Waals surface area contributed by atoms with Crippen LogP contribution in [0, 0.1) is 17.2 Å². The van der Waals surface area contributed by atoms with Crippen LogP contribution in [0.2, 0.25) is 0 Å². The van der Waals surface area contributed by atoms with Crippen molar-refractivity contribution in [3.8, 4) is 22.6 Å². The number of fused-ring (bicyclic) bond motifs is 2. The molecule has 6 rings (SSSR count). The van der Waals surface area contributed by atoms with Gasteiger partial charge in [0.05, 0.1) is 13.0 Å². The van der Waals surface area contributed by atoms with Crippen LogP contribution in [0.4, 0.5) is 4.39 Å². The normalized spacial score (nSPS) is 24.8. The quantitative estimate of drug-likeness (QED) is 0.337. The van der Waals surface area contributed by atoms with Crippen molar-refractivity contribution >= 4 is 5.97 Å². The molecule has 3 atom stereocenters. The highest BCUT2D eigenvalue weighted by Gasteiger charge is 2.60. The number of carboxylic acid groups (broad SMARTS) is 1. The van der Waals surface area contributed by atoms with Crippen LogP contribution in [-0.2, 0) is 23.2 Å². The molecule has 0 radical (unpaired) electrons. The van der Waals surface area contributed by atoms with Gasteiger partial charge < -0.3 is 14.6 Å². The summed E-state index contributed by atoms with van der Waals surface area (Å²) < 4.78 is 26.8. The first-order valence-electron chi connectivity index (χ1n) is 14.2. The Morgan fingerprint density at radius 2 is 1.82 bits per heavy atom. The standard InChI is InChI=1S/C34H37FO4/c1-33(2)14-5-7-28(33)26-16-21(8-12-25(26)27-17-23(38-3)11-13-31(27)35)20-39-24-10-9-22-6-4-15-34(29(22)18-24)19-30(34)32(36)37/h8-13,16-18,28,30H,4-7,14-15,19-20H2,1-3H3,(H,36,37)/t28-,30+,34+/m1/s1. The number of aliphatic carboxylic acids is 1. The van der Waals surface area contributed by atoms with Crippen LogP contribution in [0.25, 0.3) is 11.1 Å². The Bertz CT molecular complexity index is 1430. The van der Waals surface area contributed by atoms with Crippen molar-refractivity contribution in [3.63, 3.8) is 0 Å². The van der Waals surface area contributed by atoms with E-state index in [0.29, 0.717) is 23.8 Å². The Labute approximate surface area is 230 Å². The van der Waals surface area contributed by atoms with E-state index in [0.717, 1.165) is 72.9 Å². The molecule has 3 aromatic carbocycles. The number of benzene rings is 3. The Balaban J connectivity index is 1.31.